The number of hydrogen-bond acceptors (Lipinski definition) is 7. The van der Waals surface area contributed by atoms with Gasteiger partial charge >= 0.3 is 5.97 Å². The molecular formula is C32H41IN2O6. The highest BCUT2D eigenvalue weighted by Crippen LogP contribution is 2.70. The van der Waals surface area contributed by atoms with E-state index in [1.807, 2.05) is 19.1 Å². The molecule has 2 aliphatic carbocycles. The first kappa shape index (κ1) is 28.3. The lowest BCUT2D eigenvalue weighted by Crippen LogP contribution is -2.59. The van der Waals surface area contributed by atoms with E-state index in [0.29, 0.717) is 19.4 Å². The second-order valence-corrected chi connectivity index (χ2v) is 15.4. The van der Waals surface area contributed by atoms with Crippen molar-refractivity contribution in [1.29, 1.82) is 0 Å². The van der Waals surface area contributed by atoms with Crippen LogP contribution < -0.4 is 5.32 Å². The number of nitrogens with one attached hydrogen (secondary N) is 1. The molecule has 9 heteroatoms. The van der Waals surface area contributed by atoms with Crippen LogP contribution in [-0.2, 0) is 19.9 Å². The molecule has 8 nitrogen and oxygen atoms in total. The highest BCUT2D eigenvalue weighted by Gasteiger charge is 2.79. The third-order valence-corrected chi connectivity index (χ3v) is 13.4. The van der Waals surface area contributed by atoms with Gasteiger partial charge in [0.25, 0.3) is 0 Å². The van der Waals surface area contributed by atoms with E-state index in [1.165, 1.54) is 0 Å². The van der Waals surface area contributed by atoms with Crippen molar-refractivity contribution in [3.63, 3.8) is 0 Å². The molecule has 0 bridgehead atoms. The van der Waals surface area contributed by atoms with Gasteiger partial charge in [-0.15, -0.1) is 0 Å². The van der Waals surface area contributed by atoms with E-state index in [9.17, 15) is 24.9 Å². The molecule has 5 fully saturated rings. The summed E-state index contributed by atoms with van der Waals surface area (Å²) < 4.78 is 6.68. The lowest BCUT2D eigenvalue weighted by Gasteiger charge is -2.60. The van der Waals surface area contributed by atoms with Gasteiger partial charge in [-0.05, 0) is 110 Å². The first-order chi connectivity index (χ1) is 19.5. The maximum atomic E-state index is 14.5. The number of ether oxygens (including phenoxy) is 1. The molecule has 3 saturated heterocycles. The van der Waals surface area contributed by atoms with Crippen LogP contribution in [0.3, 0.4) is 0 Å². The molecule has 0 aromatic heterocycles. The molecule has 6 aliphatic rings. The third kappa shape index (κ3) is 3.30. The number of fused-ring (bicyclic) bond motifs is 6. The Labute approximate surface area is 255 Å². The van der Waals surface area contributed by atoms with Gasteiger partial charge in [-0.2, -0.15) is 0 Å². The maximum absolute atomic E-state index is 14.5. The number of esters is 1. The number of hydrogen-bond donors (Lipinski definition) is 4. The van der Waals surface area contributed by atoms with Gasteiger partial charge in [0.2, 0.25) is 5.91 Å². The summed E-state index contributed by atoms with van der Waals surface area (Å²) in [5, 5.41) is 36.5. The van der Waals surface area contributed by atoms with E-state index in [4.69, 9.17) is 4.74 Å². The molecule has 1 amide bonds. The van der Waals surface area contributed by atoms with E-state index in [1.54, 1.807) is 0 Å². The van der Waals surface area contributed by atoms with Gasteiger partial charge in [-0.25, -0.2) is 0 Å². The zero-order valence-electron chi connectivity index (χ0n) is 23.9. The monoisotopic (exact) mass is 676 g/mol. The molecule has 4 aliphatic heterocycles. The minimum Gasteiger partial charge on any atom is -0.462 e. The Hall–Kier alpha value is -1.53. The molecule has 7 rings (SSSR count). The van der Waals surface area contributed by atoms with Gasteiger partial charge in [0.15, 0.2) is 0 Å². The molecule has 4 heterocycles. The second-order valence-electron chi connectivity index (χ2n) is 14.1. The topological polar surface area (TPSA) is 119 Å². The minimum atomic E-state index is -1.23. The molecule has 1 aromatic rings. The Morgan fingerprint density at radius 3 is 2.66 bits per heavy atom. The zero-order valence-corrected chi connectivity index (χ0v) is 26.0. The number of aliphatic hydroxyl groups excluding tert-OH is 3. The average molecular weight is 677 g/mol. The number of aliphatic hydroxyl groups is 3. The maximum Gasteiger partial charge on any atom is 0.316 e. The molecule has 41 heavy (non-hydrogen) atoms. The number of benzene rings is 1. The van der Waals surface area contributed by atoms with Crippen LogP contribution in [0.2, 0.25) is 0 Å². The van der Waals surface area contributed by atoms with Crippen LogP contribution in [0.1, 0.15) is 64.4 Å². The van der Waals surface area contributed by atoms with Crippen LogP contribution in [-0.4, -0.2) is 70.1 Å². The van der Waals surface area contributed by atoms with Crippen LogP contribution in [0.25, 0.3) is 0 Å². The zero-order chi connectivity index (χ0) is 29.1. The highest BCUT2D eigenvalue weighted by atomic mass is 127. The molecule has 222 valence electrons. The Kier molecular flexibility index (Phi) is 6.36. The number of rotatable bonds is 3. The third-order valence-electron chi connectivity index (χ3n) is 12.8. The molecule has 2 spiro atoms. The molecular weight excluding hydrogens is 635 g/mol. The number of nitrogens with zero attached hydrogens (tertiary/aromatic N) is 1. The molecule has 4 N–H and O–H groups in total. The van der Waals surface area contributed by atoms with Crippen LogP contribution in [0, 0.1) is 37.6 Å². The van der Waals surface area contributed by atoms with Gasteiger partial charge in [0, 0.05) is 32.2 Å². The fraction of sp³-hybridized carbons (Fsp3) is 0.688. The van der Waals surface area contributed by atoms with E-state index < -0.39 is 40.5 Å². The van der Waals surface area contributed by atoms with Crippen molar-refractivity contribution in [1.82, 2.24) is 4.90 Å². The van der Waals surface area contributed by atoms with Crippen molar-refractivity contribution in [3.8, 4) is 0 Å². The van der Waals surface area contributed by atoms with Crippen LogP contribution in [0.15, 0.2) is 30.4 Å². The van der Waals surface area contributed by atoms with E-state index in [-0.39, 0.29) is 42.4 Å². The predicted molar refractivity (Wildman–Crippen MR) is 161 cm³/mol. The summed E-state index contributed by atoms with van der Waals surface area (Å²) in [6, 6.07) is 5.70. The number of anilines is 1. The first-order valence-corrected chi connectivity index (χ1v) is 16.2. The van der Waals surface area contributed by atoms with Crippen molar-refractivity contribution >= 4 is 40.2 Å². The van der Waals surface area contributed by atoms with Gasteiger partial charge in [-0.3, -0.25) is 14.5 Å². The Morgan fingerprint density at radius 2 is 1.95 bits per heavy atom. The van der Waals surface area contributed by atoms with Crippen molar-refractivity contribution in [2.24, 2.45) is 34.0 Å². The smallest absolute Gasteiger partial charge is 0.316 e. The summed E-state index contributed by atoms with van der Waals surface area (Å²) in [4.78, 5) is 30.7. The largest absolute Gasteiger partial charge is 0.462 e. The molecule has 0 radical (unpaired) electrons. The fourth-order valence-corrected chi connectivity index (χ4v) is 11.4. The Balaban J connectivity index is 1.43. The summed E-state index contributed by atoms with van der Waals surface area (Å²) in [6.45, 7) is 9.34. The summed E-state index contributed by atoms with van der Waals surface area (Å²) in [6.07, 6.45) is 3.41. The van der Waals surface area contributed by atoms with Crippen molar-refractivity contribution in [2.45, 2.75) is 82.6 Å². The summed E-state index contributed by atoms with van der Waals surface area (Å²) in [5.74, 6) is -1.05. The van der Waals surface area contributed by atoms with Crippen LogP contribution in [0.4, 0.5) is 5.69 Å². The Bertz CT molecular complexity index is 1340. The van der Waals surface area contributed by atoms with Gasteiger partial charge in [0.1, 0.15) is 23.7 Å². The number of amides is 1. The fourth-order valence-electron chi connectivity index (χ4n) is 10.9. The SMILES string of the molecule is C=C1CC[C@@H]2[C@](C)(CO)[C@H](O)CC[C@]2(C)[C@@H]1CC1[C@@]2(C(=O)OC[C@H]2O)C2CCCN2[C@]12C(=O)Nc1ccc(I)cc12. The van der Waals surface area contributed by atoms with Crippen LogP contribution in [0.5, 0.6) is 0 Å². The lowest BCUT2D eigenvalue weighted by molar-refractivity contribution is -0.161. The highest BCUT2D eigenvalue weighted by molar-refractivity contribution is 14.1. The number of carbonyl (C=O) groups excluding carboxylic acids is 2. The predicted octanol–water partition coefficient (Wildman–Crippen LogP) is 3.57. The van der Waals surface area contributed by atoms with E-state index in [2.05, 4.69) is 52.4 Å². The molecule has 2 unspecified atom stereocenters. The van der Waals surface area contributed by atoms with E-state index >= 15 is 0 Å². The first-order valence-electron chi connectivity index (χ1n) is 15.2. The molecule has 10 atom stereocenters. The van der Waals surface area contributed by atoms with Gasteiger partial charge in [-0.1, -0.05) is 26.0 Å². The second kappa shape index (κ2) is 9.24. The number of allylic oxidation sites excluding steroid dienone is 1. The van der Waals surface area contributed by atoms with Crippen LogP contribution >= 0.6 is 22.6 Å². The average Bonchev–Trinajstić information content (AvgIpc) is 3.66. The summed E-state index contributed by atoms with van der Waals surface area (Å²) in [5.41, 5.74) is -0.523. The summed E-state index contributed by atoms with van der Waals surface area (Å²) in [7, 11) is 0. The number of halogens is 1. The Morgan fingerprint density at radius 1 is 1.17 bits per heavy atom. The normalized spacial score (nSPS) is 47.0. The lowest BCUT2D eigenvalue weighted by atomic mass is 9.44. The minimum absolute atomic E-state index is 0.0541. The molecule has 2 saturated carbocycles. The van der Waals surface area contributed by atoms with Crippen molar-refractivity contribution < 1.29 is 29.6 Å². The van der Waals surface area contributed by atoms with Gasteiger partial charge in [0.05, 0.1) is 12.7 Å². The van der Waals surface area contributed by atoms with Crippen molar-refractivity contribution in [3.05, 3.63) is 39.5 Å². The van der Waals surface area contributed by atoms with Gasteiger partial charge < -0.3 is 25.4 Å². The number of cyclic esters (lactones) is 1. The standard InChI is InChI=1S/C32H41IN2O6/c1-17-6-9-22-29(2,11-10-25(37)30(22,3)16-36)19(17)14-23-31(26(38)15-41-28(31)40)24-5-4-12-35(24)32(23)20-13-18(33)7-8-21(20)34-27(32)39/h7-8,13,19,22-26,36-38H,1,4-6,9-12,14-16H2,2-3H3,(H,34,39)/t19-,22+,23?,24?,25-,26-,29-,30+,31-,32+/m1/s1. The summed E-state index contributed by atoms with van der Waals surface area (Å²) >= 11 is 2.28. The van der Waals surface area contributed by atoms with Crippen molar-refractivity contribution in [2.75, 3.05) is 25.1 Å². The van der Waals surface area contributed by atoms with E-state index in [0.717, 1.165) is 52.5 Å². The quantitative estimate of drug-likeness (QED) is 0.220. The number of carbonyl (C=O) groups is 2. The molecule has 1 aromatic carbocycles.